The Morgan fingerprint density at radius 1 is 1.35 bits per heavy atom. The van der Waals surface area contributed by atoms with Crippen LogP contribution >= 0.6 is 0 Å². The number of carbonyl (C=O) groups is 2. The molecule has 0 bridgehead atoms. The molecule has 2 aliphatic rings. The number of nitrogens with one attached hydrogen (secondary N) is 1. The van der Waals surface area contributed by atoms with Crippen LogP contribution in [0.15, 0.2) is 6.07 Å². The molecule has 0 aromatic carbocycles. The molecule has 2 fully saturated rings. The normalized spacial score (nSPS) is 22.4. The molecule has 23 heavy (non-hydrogen) atoms. The van der Waals surface area contributed by atoms with Gasteiger partial charge in [-0.15, -0.1) is 0 Å². The highest BCUT2D eigenvalue weighted by atomic mass is 16.2. The molecular weight excluding hydrogens is 294 g/mol. The van der Waals surface area contributed by atoms with Gasteiger partial charge in [-0.25, -0.2) is 4.79 Å². The molecule has 0 radical (unpaired) electrons. The molecule has 126 valence electrons. The Labute approximate surface area is 136 Å². The second kappa shape index (κ2) is 6.70. The van der Waals surface area contributed by atoms with Gasteiger partial charge in [0.15, 0.2) is 0 Å². The van der Waals surface area contributed by atoms with Crippen LogP contribution in [0, 0.1) is 13.8 Å². The van der Waals surface area contributed by atoms with Crippen molar-refractivity contribution in [1.29, 1.82) is 0 Å². The maximum absolute atomic E-state index is 12.4. The van der Waals surface area contributed by atoms with E-state index in [-0.39, 0.29) is 11.9 Å². The van der Waals surface area contributed by atoms with Crippen molar-refractivity contribution in [3.8, 4) is 0 Å². The summed E-state index contributed by atoms with van der Waals surface area (Å²) in [4.78, 5) is 27.6. The molecule has 1 aromatic rings. The van der Waals surface area contributed by atoms with Gasteiger partial charge in [0.2, 0.25) is 5.91 Å². The van der Waals surface area contributed by atoms with Crippen LogP contribution in [0.25, 0.3) is 0 Å². The van der Waals surface area contributed by atoms with E-state index < -0.39 is 0 Å². The highest BCUT2D eigenvalue weighted by molar-refractivity contribution is 5.96. The topological polar surface area (TPSA) is 70.5 Å². The van der Waals surface area contributed by atoms with Gasteiger partial charge < -0.3 is 5.32 Å². The monoisotopic (exact) mass is 319 g/mol. The second-order valence-electron chi connectivity index (χ2n) is 6.51. The van der Waals surface area contributed by atoms with Gasteiger partial charge in [0.25, 0.3) is 0 Å². The number of hydrogen-bond acceptors (Lipinski definition) is 4. The molecule has 3 rings (SSSR count). The molecule has 3 amide bonds. The van der Waals surface area contributed by atoms with E-state index in [1.165, 1.54) is 11.3 Å². The van der Waals surface area contributed by atoms with Crippen LogP contribution in [0.1, 0.15) is 30.7 Å². The van der Waals surface area contributed by atoms with E-state index in [0.717, 1.165) is 37.3 Å². The molecule has 7 nitrogen and oxygen atoms in total. The zero-order valence-corrected chi connectivity index (χ0v) is 13.9. The minimum atomic E-state index is -0.262. The molecule has 0 aliphatic carbocycles. The zero-order chi connectivity index (χ0) is 16.4. The Balaban J connectivity index is 1.65. The van der Waals surface area contributed by atoms with Crippen LogP contribution in [-0.4, -0.2) is 63.7 Å². The molecule has 7 heteroatoms. The number of aromatic nitrogens is 2. The van der Waals surface area contributed by atoms with Crippen molar-refractivity contribution in [2.45, 2.75) is 45.7 Å². The quantitative estimate of drug-likeness (QED) is 0.895. The molecule has 1 N–H and O–H groups in total. The number of amides is 3. The summed E-state index contributed by atoms with van der Waals surface area (Å²) in [5.41, 5.74) is 2.17. The number of rotatable bonds is 4. The highest BCUT2D eigenvalue weighted by Crippen LogP contribution is 2.19. The Kier molecular flexibility index (Phi) is 4.66. The molecule has 0 unspecified atom stereocenters. The van der Waals surface area contributed by atoms with Crippen LogP contribution in [0.5, 0.6) is 0 Å². The number of imide groups is 1. The standard InChI is InChI=1S/C16H25N5O2/c1-12-9-13(2)21(18-12)10-14-5-3-4-7-19(14)11-15(22)20-8-6-17-16(20)23/h9,14H,3-8,10-11H2,1-2H3,(H,17,23)/t14-/m1/s1. The van der Waals surface area contributed by atoms with E-state index in [4.69, 9.17) is 0 Å². The lowest BCUT2D eigenvalue weighted by Crippen LogP contribution is -2.49. The molecule has 2 saturated heterocycles. The molecule has 1 aromatic heterocycles. The Morgan fingerprint density at radius 3 is 2.83 bits per heavy atom. The average Bonchev–Trinajstić information content (AvgIpc) is 3.07. The summed E-state index contributed by atoms with van der Waals surface area (Å²) in [5, 5.41) is 7.22. The average molecular weight is 319 g/mol. The summed E-state index contributed by atoms with van der Waals surface area (Å²) in [6.45, 7) is 7.12. The first-order valence-corrected chi connectivity index (χ1v) is 8.38. The predicted octanol–water partition coefficient (Wildman–Crippen LogP) is 0.906. The number of urea groups is 1. The van der Waals surface area contributed by atoms with Crippen LogP contribution < -0.4 is 5.32 Å². The van der Waals surface area contributed by atoms with E-state index in [1.807, 2.05) is 11.6 Å². The molecule has 3 heterocycles. The summed E-state index contributed by atoms with van der Waals surface area (Å²) in [6.07, 6.45) is 3.35. The smallest absolute Gasteiger partial charge is 0.324 e. The van der Waals surface area contributed by atoms with E-state index >= 15 is 0 Å². The number of hydrogen-bond donors (Lipinski definition) is 1. The minimum absolute atomic E-state index is 0.0970. The molecular formula is C16H25N5O2. The third kappa shape index (κ3) is 3.55. The number of aryl methyl sites for hydroxylation is 2. The summed E-state index contributed by atoms with van der Waals surface area (Å²) < 4.78 is 2.03. The first-order chi connectivity index (χ1) is 11.0. The third-order valence-electron chi connectivity index (χ3n) is 4.73. The minimum Gasteiger partial charge on any atom is -0.336 e. The van der Waals surface area contributed by atoms with Gasteiger partial charge in [-0.2, -0.15) is 5.10 Å². The fourth-order valence-electron chi connectivity index (χ4n) is 3.50. The fourth-order valence-corrected chi connectivity index (χ4v) is 3.50. The number of piperidine rings is 1. The van der Waals surface area contributed by atoms with Crippen LogP contribution in [0.4, 0.5) is 4.79 Å². The second-order valence-corrected chi connectivity index (χ2v) is 6.51. The first kappa shape index (κ1) is 16.0. The van der Waals surface area contributed by atoms with Crippen LogP contribution in [-0.2, 0) is 11.3 Å². The van der Waals surface area contributed by atoms with Crippen molar-refractivity contribution in [2.24, 2.45) is 0 Å². The number of carbonyl (C=O) groups excluding carboxylic acids is 2. The van der Waals surface area contributed by atoms with Gasteiger partial charge in [-0.05, 0) is 39.3 Å². The zero-order valence-electron chi connectivity index (χ0n) is 13.9. The molecule has 0 spiro atoms. The van der Waals surface area contributed by atoms with Gasteiger partial charge in [0, 0.05) is 24.8 Å². The number of likely N-dealkylation sites (tertiary alicyclic amines) is 1. The Bertz CT molecular complexity index is 597. The lowest BCUT2D eigenvalue weighted by molar-refractivity contribution is -0.129. The summed E-state index contributed by atoms with van der Waals surface area (Å²) in [5.74, 6) is -0.0970. The van der Waals surface area contributed by atoms with E-state index in [0.29, 0.717) is 25.7 Å². The van der Waals surface area contributed by atoms with Gasteiger partial charge in [0.05, 0.1) is 18.8 Å². The van der Waals surface area contributed by atoms with Crippen LogP contribution in [0.3, 0.4) is 0 Å². The van der Waals surface area contributed by atoms with Gasteiger partial charge in [0.1, 0.15) is 0 Å². The lowest BCUT2D eigenvalue weighted by atomic mass is 10.0. The Morgan fingerprint density at radius 2 is 2.17 bits per heavy atom. The predicted molar refractivity (Wildman–Crippen MR) is 86.0 cm³/mol. The van der Waals surface area contributed by atoms with Crippen molar-refractivity contribution in [3.63, 3.8) is 0 Å². The Hall–Kier alpha value is -1.89. The first-order valence-electron chi connectivity index (χ1n) is 8.38. The third-order valence-corrected chi connectivity index (χ3v) is 4.73. The highest BCUT2D eigenvalue weighted by Gasteiger charge is 2.31. The molecule has 0 saturated carbocycles. The maximum Gasteiger partial charge on any atom is 0.324 e. The van der Waals surface area contributed by atoms with Crippen LogP contribution in [0.2, 0.25) is 0 Å². The van der Waals surface area contributed by atoms with Gasteiger partial charge >= 0.3 is 6.03 Å². The van der Waals surface area contributed by atoms with E-state index in [1.54, 1.807) is 0 Å². The molecule has 2 aliphatic heterocycles. The van der Waals surface area contributed by atoms with Crippen molar-refractivity contribution >= 4 is 11.9 Å². The van der Waals surface area contributed by atoms with Gasteiger partial charge in [-0.1, -0.05) is 6.42 Å². The summed E-state index contributed by atoms with van der Waals surface area (Å²) in [7, 11) is 0. The van der Waals surface area contributed by atoms with Crippen molar-refractivity contribution in [3.05, 3.63) is 17.5 Å². The van der Waals surface area contributed by atoms with Crippen molar-refractivity contribution in [2.75, 3.05) is 26.2 Å². The lowest BCUT2D eigenvalue weighted by Gasteiger charge is -2.35. The van der Waals surface area contributed by atoms with Crippen molar-refractivity contribution < 1.29 is 9.59 Å². The number of nitrogens with zero attached hydrogens (tertiary/aromatic N) is 4. The van der Waals surface area contributed by atoms with Crippen molar-refractivity contribution in [1.82, 2.24) is 24.9 Å². The van der Waals surface area contributed by atoms with E-state index in [2.05, 4.69) is 28.3 Å². The van der Waals surface area contributed by atoms with Gasteiger partial charge in [-0.3, -0.25) is 19.3 Å². The van der Waals surface area contributed by atoms with E-state index in [9.17, 15) is 9.59 Å². The SMILES string of the molecule is Cc1cc(C)n(C[C@H]2CCCCN2CC(=O)N2CCNC2=O)n1. The largest absolute Gasteiger partial charge is 0.336 e. The molecule has 1 atom stereocenters. The summed E-state index contributed by atoms with van der Waals surface area (Å²) in [6, 6.07) is 2.12. The summed E-state index contributed by atoms with van der Waals surface area (Å²) >= 11 is 0. The fraction of sp³-hybridized carbons (Fsp3) is 0.688. The maximum atomic E-state index is 12.4.